The average molecular weight is 279 g/mol. The zero-order valence-corrected chi connectivity index (χ0v) is 12.0. The van der Waals surface area contributed by atoms with Gasteiger partial charge in [0.15, 0.2) is 5.84 Å². The number of amides is 1. The van der Waals surface area contributed by atoms with Gasteiger partial charge in [0.25, 0.3) is 0 Å². The van der Waals surface area contributed by atoms with Gasteiger partial charge < -0.3 is 20.6 Å². The number of nitrogens with zero attached hydrogens (tertiary/aromatic N) is 2. The maximum absolute atomic E-state index is 12.3. The summed E-state index contributed by atoms with van der Waals surface area (Å²) >= 11 is 0. The van der Waals surface area contributed by atoms with Crippen LogP contribution in [0.5, 0.6) is 5.75 Å². The summed E-state index contributed by atoms with van der Waals surface area (Å²) in [6, 6.07) is 7.29. The largest absolute Gasteiger partial charge is 0.497 e. The zero-order valence-electron chi connectivity index (χ0n) is 12.0. The Morgan fingerprint density at radius 2 is 2.00 bits per heavy atom. The monoisotopic (exact) mass is 279 g/mol. The quantitative estimate of drug-likeness (QED) is 0.355. The first-order valence-electron chi connectivity index (χ1n) is 6.36. The molecule has 0 heterocycles. The van der Waals surface area contributed by atoms with Gasteiger partial charge in [-0.25, -0.2) is 0 Å². The molecule has 0 aliphatic rings. The van der Waals surface area contributed by atoms with Crippen molar-refractivity contribution in [3.63, 3.8) is 0 Å². The fourth-order valence-corrected chi connectivity index (χ4v) is 1.78. The molecule has 0 radical (unpaired) electrons. The highest BCUT2D eigenvalue weighted by Crippen LogP contribution is 2.13. The van der Waals surface area contributed by atoms with E-state index in [9.17, 15) is 4.79 Å². The fourth-order valence-electron chi connectivity index (χ4n) is 1.78. The number of hydrogen-bond donors (Lipinski definition) is 2. The van der Waals surface area contributed by atoms with E-state index in [1.54, 1.807) is 12.0 Å². The molecule has 0 fully saturated rings. The van der Waals surface area contributed by atoms with E-state index in [0.29, 0.717) is 0 Å². The van der Waals surface area contributed by atoms with Crippen molar-refractivity contribution in [2.75, 3.05) is 13.7 Å². The summed E-state index contributed by atoms with van der Waals surface area (Å²) < 4.78 is 5.07. The van der Waals surface area contributed by atoms with Gasteiger partial charge in [0, 0.05) is 6.04 Å². The number of benzene rings is 1. The molecule has 0 saturated carbocycles. The molecule has 1 amide bonds. The third kappa shape index (κ3) is 4.46. The SMILES string of the molecule is COc1ccc(CC(=O)N(CC(N)=NO)C(C)C)cc1. The van der Waals surface area contributed by atoms with Crippen LogP contribution in [0.25, 0.3) is 0 Å². The number of oxime groups is 1. The number of methoxy groups -OCH3 is 1. The van der Waals surface area contributed by atoms with E-state index < -0.39 is 0 Å². The second-order valence-electron chi connectivity index (χ2n) is 4.73. The van der Waals surface area contributed by atoms with Crippen LogP contribution in [-0.4, -0.2) is 41.5 Å². The highest BCUT2D eigenvalue weighted by atomic mass is 16.5. The zero-order chi connectivity index (χ0) is 15.1. The molecule has 3 N–H and O–H groups in total. The van der Waals surface area contributed by atoms with E-state index in [4.69, 9.17) is 15.7 Å². The summed E-state index contributed by atoms with van der Waals surface area (Å²) in [6.07, 6.45) is 0.265. The van der Waals surface area contributed by atoms with E-state index in [-0.39, 0.29) is 30.8 Å². The summed E-state index contributed by atoms with van der Waals surface area (Å²) in [5, 5.41) is 11.5. The summed E-state index contributed by atoms with van der Waals surface area (Å²) in [5.41, 5.74) is 6.36. The first-order valence-corrected chi connectivity index (χ1v) is 6.36. The van der Waals surface area contributed by atoms with Crippen LogP contribution in [0.2, 0.25) is 0 Å². The average Bonchev–Trinajstić information content (AvgIpc) is 2.44. The minimum absolute atomic E-state index is 0.0155. The first kappa shape index (κ1) is 15.8. The van der Waals surface area contributed by atoms with Gasteiger partial charge in [0.05, 0.1) is 20.1 Å². The molecule has 1 aromatic rings. The normalized spacial score (nSPS) is 11.5. The topological polar surface area (TPSA) is 88.2 Å². The number of carbonyl (C=O) groups is 1. The Morgan fingerprint density at radius 1 is 1.40 bits per heavy atom. The van der Waals surface area contributed by atoms with Gasteiger partial charge in [0.1, 0.15) is 5.75 Å². The number of rotatable bonds is 6. The highest BCUT2D eigenvalue weighted by Gasteiger charge is 2.18. The van der Waals surface area contributed by atoms with Crippen molar-refractivity contribution in [2.45, 2.75) is 26.3 Å². The molecular weight excluding hydrogens is 258 g/mol. The van der Waals surface area contributed by atoms with Crippen LogP contribution in [0.4, 0.5) is 0 Å². The fraction of sp³-hybridized carbons (Fsp3) is 0.429. The molecule has 6 nitrogen and oxygen atoms in total. The lowest BCUT2D eigenvalue weighted by molar-refractivity contribution is -0.131. The van der Waals surface area contributed by atoms with Crippen LogP contribution in [-0.2, 0) is 11.2 Å². The number of amidine groups is 1. The molecule has 1 rings (SSSR count). The predicted molar refractivity (Wildman–Crippen MR) is 77.0 cm³/mol. The van der Waals surface area contributed by atoms with E-state index >= 15 is 0 Å². The Balaban J connectivity index is 2.74. The summed E-state index contributed by atoms with van der Waals surface area (Å²) in [4.78, 5) is 13.8. The smallest absolute Gasteiger partial charge is 0.227 e. The number of ether oxygens (including phenoxy) is 1. The van der Waals surface area contributed by atoms with Crippen molar-refractivity contribution in [3.8, 4) is 5.75 Å². The molecule has 20 heavy (non-hydrogen) atoms. The minimum atomic E-state index is -0.0724. The second kappa shape index (κ2) is 7.37. The highest BCUT2D eigenvalue weighted by molar-refractivity contribution is 5.87. The summed E-state index contributed by atoms with van der Waals surface area (Å²) in [6.45, 7) is 3.89. The Hall–Kier alpha value is -2.24. The molecule has 0 unspecified atom stereocenters. The number of carbonyl (C=O) groups excluding carboxylic acids is 1. The van der Waals surface area contributed by atoms with Crippen molar-refractivity contribution in [1.82, 2.24) is 4.90 Å². The molecule has 0 aliphatic carbocycles. The number of nitrogens with two attached hydrogens (primary N) is 1. The molecule has 0 atom stereocenters. The Bertz CT molecular complexity index is 469. The van der Waals surface area contributed by atoms with Crippen molar-refractivity contribution in [2.24, 2.45) is 10.9 Å². The lowest BCUT2D eigenvalue weighted by Gasteiger charge is -2.26. The predicted octanol–water partition coefficient (Wildman–Crippen LogP) is 1.22. The van der Waals surface area contributed by atoms with Gasteiger partial charge in [-0.05, 0) is 31.5 Å². The van der Waals surface area contributed by atoms with Crippen LogP contribution in [0, 0.1) is 0 Å². The van der Waals surface area contributed by atoms with Crippen LogP contribution < -0.4 is 10.5 Å². The van der Waals surface area contributed by atoms with Gasteiger partial charge >= 0.3 is 0 Å². The third-order valence-corrected chi connectivity index (χ3v) is 2.92. The molecule has 6 heteroatoms. The maximum atomic E-state index is 12.3. The number of hydrogen-bond acceptors (Lipinski definition) is 4. The first-order chi connectivity index (χ1) is 9.47. The lowest BCUT2D eigenvalue weighted by atomic mass is 10.1. The summed E-state index contributed by atoms with van der Waals surface area (Å²) in [7, 11) is 1.59. The molecule has 110 valence electrons. The van der Waals surface area contributed by atoms with Crippen molar-refractivity contribution < 1.29 is 14.7 Å². The van der Waals surface area contributed by atoms with Crippen molar-refractivity contribution >= 4 is 11.7 Å². The van der Waals surface area contributed by atoms with E-state index in [2.05, 4.69) is 5.16 Å². The standard InChI is InChI=1S/C14H21N3O3/c1-10(2)17(9-13(15)16-19)14(18)8-11-4-6-12(20-3)7-5-11/h4-7,10,19H,8-9H2,1-3H3,(H2,15,16). The lowest BCUT2D eigenvalue weighted by Crippen LogP contribution is -2.43. The van der Waals surface area contributed by atoms with Crippen molar-refractivity contribution in [1.29, 1.82) is 0 Å². The van der Waals surface area contributed by atoms with Gasteiger partial charge in [0.2, 0.25) is 5.91 Å². The molecular formula is C14H21N3O3. The molecule has 0 aromatic heterocycles. The van der Waals surface area contributed by atoms with Gasteiger partial charge in [-0.1, -0.05) is 17.3 Å². The Kier molecular flexibility index (Phi) is 5.83. The molecule has 0 bridgehead atoms. The maximum Gasteiger partial charge on any atom is 0.227 e. The van der Waals surface area contributed by atoms with E-state index in [0.717, 1.165) is 11.3 Å². The molecule has 0 aliphatic heterocycles. The van der Waals surface area contributed by atoms with Crippen LogP contribution in [0.15, 0.2) is 29.4 Å². The van der Waals surface area contributed by atoms with Crippen LogP contribution in [0.1, 0.15) is 19.4 Å². The summed E-state index contributed by atoms with van der Waals surface area (Å²) in [5.74, 6) is 0.692. The Labute approximate surface area is 118 Å². The van der Waals surface area contributed by atoms with Gasteiger partial charge in [-0.15, -0.1) is 0 Å². The molecule has 1 aromatic carbocycles. The van der Waals surface area contributed by atoms with Gasteiger partial charge in [-0.2, -0.15) is 0 Å². The molecule has 0 spiro atoms. The van der Waals surface area contributed by atoms with Gasteiger partial charge in [-0.3, -0.25) is 4.79 Å². The van der Waals surface area contributed by atoms with E-state index in [1.807, 2.05) is 38.1 Å². The Morgan fingerprint density at radius 3 is 2.45 bits per heavy atom. The van der Waals surface area contributed by atoms with E-state index in [1.165, 1.54) is 0 Å². The third-order valence-electron chi connectivity index (χ3n) is 2.92. The minimum Gasteiger partial charge on any atom is -0.497 e. The molecule has 0 saturated heterocycles. The van der Waals surface area contributed by atoms with Crippen LogP contribution >= 0.6 is 0 Å². The van der Waals surface area contributed by atoms with Crippen LogP contribution in [0.3, 0.4) is 0 Å². The second-order valence-corrected chi connectivity index (χ2v) is 4.73. The van der Waals surface area contributed by atoms with Crippen molar-refractivity contribution in [3.05, 3.63) is 29.8 Å².